The van der Waals surface area contributed by atoms with Crippen LogP contribution >= 0.6 is 11.8 Å². The Labute approximate surface area is 173 Å². The number of ether oxygens (including phenoxy) is 1. The first-order valence-corrected chi connectivity index (χ1v) is 10.6. The van der Waals surface area contributed by atoms with Crippen molar-refractivity contribution in [3.8, 4) is 17.2 Å². The van der Waals surface area contributed by atoms with Gasteiger partial charge >= 0.3 is 0 Å². The fraction of sp³-hybridized carbons (Fsp3) is 0.381. The van der Waals surface area contributed by atoms with Crippen LogP contribution in [-0.4, -0.2) is 46.5 Å². The molecular formula is C21H23N3O4S. The zero-order chi connectivity index (χ0) is 20.1. The highest BCUT2D eigenvalue weighted by atomic mass is 32.2. The third-order valence-electron chi connectivity index (χ3n) is 5.01. The maximum atomic E-state index is 12.4. The summed E-state index contributed by atoms with van der Waals surface area (Å²) in [6.07, 6.45) is 3.54. The van der Waals surface area contributed by atoms with Crippen molar-refractivity contribution in [1.82, 2.24) is 15.1 Å². The molecule has 1 amide bonds. The predicted molar refractivity (Wildman–Crippen MR) is 109 cm³/mol. The molecule has 0 N–H and O–H groups in total. The van der Waals surface area contributed by atoms with Crippen LogP contribution in [0.15, 0.2) is 56.7 Å². The third-order valence-corrected chi connectivity index (χ3v) is 6.06. The van der Waals surface area contributed by atoms with E-state index < -0.39 is 0 Å². The third kappa shape index (κ3) is 5.00. The highest BCUT2D eigenvalue weighted by molar-refractivity contribution is 7.99. The van der Waals surface area contributed by atoms with Gasteiger partial charge < -0.3 is 18.5 Å². The summed E-state index contributed by atoms with van der Waals surface area (Å²) in [4.78, 5) is 14.2. The Morgan fingerprint density at radius 2 is 2.00 bits per heavy atom. The van der Waals surface area contributed by atoms with Crippen molar-refractivity contribution in [2.45, 2.75) is 25.0 Å². The number of benzene rings is 1. The fourth-order valence-corrected chi connectivity index (χ4v) is 4.22. The zero-order valence-corrected chi connectivity index (χ0v) is 17.1. The Bertz CT molecular complexity index is 932. The van der Waals surface area contributed by atoms with Gasteiger partial charge in [0.1, 0.15) is 11.5 Å². The van der Waals surface area contributed by atoms with E-state index in [2.05, 4.69) is 10.2 Å². The number of aryl methyl sites for hydroxylation is 1. The molecule has 3 heterocycles. The summed E-state index contributed by atoms with van der Waals surface area (Å²) in [5.74, 6) is 3.42. The number of hydrogen-bond acceptors (Lipinski definition) is 7. The first-order chi connectivity index (χ1) is 14.2. The van der Waals surface area contributed by atoms with Gasteiger partial charge in [0, 0.05) is 18.8 Å². The second-order valence-electron chi connectivity index (χ2n) is 7.00. The minimum absolute atomic E-state index is 0.0389. The molecule has 0 spiro atoms. The number of carbonyl (C=O) groups is 1. The van der Waals surface area contributed by atoms with Gasteiger partial charge in [-0.1, -0.05) is 30.0 Å². The van der Waals surface area contributed by atoms with E-state index in [-0.39, 0.29) is 12.5 Å². The number of para-hydroxylation sites is 1. The van der Waals surface area contributed by atoms with Gasteiger partial charge in [0.2, 0.25) is 0 Å². The van der Waals surface area contributed by atoms with Gasteiger partial charge in [-0.3, -0.25) is 4.79 Å². The van der Waals surface area contributed by atoms with Crippen LogP contribution in [0.3, 0.4) is 0 Å². The Morgan fingerprint density at radius 3 is 2.72 bits per heavy atom. The van der Waals surface area contributed by atoms with Crippen molar-refractivity contribution in [2.75, 3.05) is 25.4 Å². The van der Waals surface area contributed by atoms with E-state index in [4.69, 9.17) is 13.6 Å². The monoisotopic (exact) mass is 413 g/mol. The lowest BCUT2D eigenvalue weighted by Gasteiger charge is -2.31. The number of amides is 1. The predicted octanol–water partition coefficient (Wildman–Crippen LogP) is 4.05. The normalized spacial score (nSPS) is 14.9. The van der Waals surface area contributed by atoms with Crippen LogP contribution in [0.1, 0.15) is 18.6 Å². The Balaban J connectivity index is 1.20. The van der Waals surface area contributed by atoms with Crippen molar-refractivity contribution in [2.24, 2.45) is 5.92 Å². The van der Waals surface area contributed by atoms with Crippen LogP contribution in [0.2, 0.25) is 0 Å². The van der Waals surface area contributed by atoms with Gasteiger partial charge in [-0.15, -0.1) is 10.2 Å². The Hall–Kier alpha value is -2.74. The molecular weight excluding hydrogens is 390 g/mol. The average Bonchev–Trinajstić information content (AvgIpc) is 3.40. The Kier molecular flexibility index (Phi) is 6.19. The molecule has 1 aliphatic heterocycles. The number of likely N-dealkylation sites (tertiary alicyclic amines) is 1. The molecule has 8 heteroatoms. The summed E-state index contributed by atoms with van der Waals surface area (Å²) >= 11 is 1.57. The molecule has 0 radical (unpaired) electrons. The topological polar surface area (TPSA) is 81.6 Å². The molecule has 0 aliphatic carbocycles. The van der Waals surface area contributed by atoms with Crippen molar-refractivity contribution in [3.05, 3.63) is 48.4 Å². The standard InChI is InChI=1S/C21H23N3O4S/c1-15-18(9-12-26-15)20-22-23-21(28-20)29-14-16-7-10-24(11-8-16)19(25)13-27-17-5-3-2-4-6-17/h2-6,9,12,16H,7-8,10-11,13-14H2,1H3. The molecule has 0 saturated carbocycles. The van der Waals surface area contributed by atoms with Crippen LogP contribution in [0, 0.1) is 12.8 Å². The minimum atomic E-state index is 0.0389. The van der Waals surface area contributed by atoms with Crippen LogP contribution in [-0.2, 0) is 4.79 Å². The van der Waals surface area contributed by atoms with Crippen molar-refractivity contribution >= 4 is 17.7 Å². The average molecular weight is 413 g/mol. The molecule has 1 aromatic carbocycles. The largest absolute Gasteiger partial charge is 0.484 e. The molecule has 0 atom stereocenters. The molecule has 7 nitrogen and oxygen atoms in total. The summed E-state index contributed by atoms with van der Waals surface area (Å²) in [7, 11) is 0. The fourth-order valence-electron chi connectivity index (χ4n) is 3.28. The summed E-state index contributed by atoms with van der Waals surface area (Å²) in [5, 5.41) is 8.78. The summed E-state index contributed by atoms with van der Waals surface area (Å²) in [6.45, 7) is 3.46. The smallest absolute Gasteiger partial charge is 0.276 e. The van der Waals surface area contributed by atoms with E-state index in [1.807, 2.05) is 48.2 Å². The quantitative estimate of drug-likeness (QED) is 0.541. The lowest BCUT2D eigenvalue weighted by Crippen LogP contribution is -2.41. The van der Waals surface area contributed by atoms with Gasteiger partial charge in [0.15, 0.2) is 6.61 Å². The van der Waals surface area contributed by atoms with Crippen LogP contribution in [0.25, 0.3) is 11.5 Å². The number of aromatic nitrogens is 2. The van der Waals surface area contributed by atoms with E-state index in [1.54, 1.807) is 18.0 Å². The Morgan fingerprint density at radius 1 is 1.21 bits per heavy atom. The second-order valence-corrected chi connectivity index (χ2v) is 7.97. The highest BCUT2D eigenvalue weighted by Crippen LogP contribution is 2.29. The molecule has 152 valence electrons. The lowest BCUT2D eigenvalue weighted by molar-refractivity contribution is -0.134. The van der Waals surface area contributed by atoms with E-state index in [0.29, 0.717) is 17.0 Å². The highest BCUT2D eigenvalue weighted by Gasteiger charge is 2.24. The number of nitrogens with zero attached hydrogens (tertiary/aromatic N) is 3. The molecule has 0 unspecified atom stereocenters. The van der Waals surface area contributed by atoms with E-state index >= 15 is 0 Å². The SMILES string of the molecule is Cc1occc1-c1nnc(SCC2CCN(C(=O)COc3ccccc3)CC2)o1. The number of hydrogen-bond donors (Lipinski definition) is 0. The number of furan rings is 1. The molecule has 2 aromatic heterocycles. The van der Waals surface area contributed by atoms with Crippen LogP contribution in [0.4, 0.5) is 0 Å². The zero-order valence-electron chi connectivity index (χ0n) is 16.2. The maximum absolute atomic E-state index is 12.4. The second kappa shape index (κ2) is 9.17. The maximum Gasteiger partial charge on any atom is 0.276 e. The number of rotatable bonds is 7. The van der Waals surface area contributed by atoms with Crippen LogP contribution in [0.5, 0.6) is 5.75 Å². The number of piperidine rings is 1. The molecule has 1 fully saturated rings. The molecule has 0 bridgehead atoms. The summed E-state index contributed by atoms with van der Waals surface area (Å²) in [5.41, 5.74) is 0.828. The van der Waals surface area contributed by atoms with Crippen molar-refractivity contribution in [1.29, 1.82) is 0 Å². The van der Waals surface area contributed by atoms with E-state index in [9.17, 15) is 4.79 Å². The molecule has 4 rings (SSSR count). The number of carbonyl (C=O) groups excluding carboxylic acids is 1. The van der Waals surface area contributed by atoms with Crippen LogP contribution < -0.4 is 4.74 Å². The van der Waals surface area contributed by atoms with E-state index in [0.717, 1.165) is 48.8 Å². The summed E-state index contributed by atoms with van der Waals surface area (Å²) < 4.78 is 16.6. The minimum Gasteiger partial charge on any atom is -0.484 e. The van der Waals surface area contributed by atoms with E-state index in [1.165, 1.54) is 0 Å². The van der Waals surface area contributed by atoms with Gasteiger partial charge in [-0.05, 0) is 43.9 Å². The van der Waals surface area contributed by atoms with Gasteiger partial charge in [0.25, 0.3) is 17.0 Å². The molecule has 1 saturated heterocycles. The van der Waals surface area contributed by atoms with Gasteiger partial charge in [-0.25, -0.2) is 0 Å². The van der Waals surface area contributed by atoms with Gasteiger partial charge in [0.05, 0.1) is 11.8 Å². The lowest BCUT2D eigenvalue weighted by atomic mass is 9.99. The van der Waals surface area contributed by atoms with Crippen molar-refractivity contribution in [3.63, 3.8) is 0 Å². The first kappa shape index (κ1) is 19.6. The summed E-state index contributed by atoms with van der Waals surface area (Å²) in [6, 6.07) is 11.2. The molecule has 29 heavy (non-hydrogen) atoms. The molecule has 1 aliphatic rings. The molecule has 3 aromatic rings. The first-order valence-electron chi connectivity index (χ1n) is 9.65. The van der Waals surface area contributed by atoms with Crippen molar-refractivity contribution < 1.29 is 18.4 Å². The number of thioether (sulfide) groups is 1. The van der Waals surface area contributed by atoms with Gasteiger partial charge in [-0.2, -0.15) is 0 Å².